The predicted octanol–water partition coefficient (Wildman–Crippen LogP) is 18.0. The highest BCUT2D eigenvalue weighted by Crippen LogP contribution is 2.27. The lowest BCUT2D eigenvalue weighted by molar-refractivity contribution is 0.0725. The molecule has 0 aliphatic heterocycles. The quantitative estimate of drug-likeness (QED) is 0.0172. The molecule has 0 spiro atoms. The molecule has 0 saturated carbocycles. The predicted molar refractivity (Wildman–Crippen MR) is 298 cm³/mol. The molecule has 0 radical (unpaired) electrons. The molecule has 6 aromatic rings. The second-order valence-corrected chi connectivity index (χ2v) is 18.6. The van der Waals surface area contributed by atoms with Crippen LogP contribution in [0.2, 0.25) is 0 Å². The Bertz CT molecular complexity index is 2340. The Labute approximate surface area is 435 Å². The van der Waals surface area contributed by atoms with Gasteiger partial charge in [0.25, 0.3) is 0 Å². The van der Waals surface area contributed by atoms with Crippen molar-refractivity contribution in [2.45, 2.75) is 142 Å². The summed E-state index contributed by atoms with van der Waals surface area (Å²) in [7, 11) is 0. The average molecular weight is 985 g/mol. The van der Waals surface area contributed by atoms with Gasteiger partial charge in [-0.1, -0.05) is 129 Å². The molecule has 6 rings (SSSR count). The van der Waals surface area contributed by atoms with Gasteiger partial charge >= 0.3 is 11.9 Å². The van der Waals surface area contributed by atoms with Gasteiger partial charge in [0.05, 0.1) is 35.7 Å². The first-order valence-electron chi connectivity index (χ1n) is 27.0. The SMILES string of the molecule is CCCCCCCCCCCCOc1ccc(C(=O)Oc2ccc(C=Nc3ccc(Oc4ccc(N=Cc5ccc(OC(=O)c6ccc(OCCCCCCCCCCCC)cc6)cc5)cc4)cc3)cc2)cc1. The van der Waals surface area contributed by atoms with Crippen LogP contribution < -0.4 is 23.7 Å². The topological polar surface area (TPSA) is 105 Å². The fraction of sp³-hybridized carbons (Fsp3) is 0.375. The maximum Gasteiger partial charge on any atom is 0.343 e. The molecule has 73 heavy (non-hydrogen) atoms. The summed E-state index contributed by atoms with van der Waals surface area (Å²) in [5.41, 5.74) is 4.18. The zero-order valence-corrected chi connectivity index (χ0v) is 43.3. The van der Waals surface area contributed by atoms with Crippen LogP contribution in [0.5, 0.6) is 34.5 Å². The van der Waals surface area contributed by atoms with Crippen molar-refractivity contribution < 1.29 is 33.3 Å². The fourth-order valence-electron chi connectivity index (χ4n) is 8.14. The highest BCUT2D eigenvalue weighted by molar-refractivity contribution is 5.92. The van der Waals surface area contributed by atoms with Crippen molar-refractivity contribution >= 4 is 35.7 Å². The zero-order chi connectivity index (χ0) is 51.0. The second-order valence-electron chi connectivity index (χ2n) is 18.6. The Balaban J connectivity index is 0.840. The van der Waals surface area contributed by atoms with E-state index in [0.717, 1.165) is 46.8 Å². The normalized spacial score (nSPS) is 11.3. The summed E-state index contributed by atoms with van der Waals surface area (Å²) in [4.78, 5) is 34.8. The van der Waals surface area contributed by atoms with Crippen LogP contribution in [0.25, 0.3) is 0 Å². The number of hydrogen-bond donors (Lipinski definition) is 0. The number of hydrogen-bond acceptors (Lipinski definition) is 9. The smallest absolute Gasteiger partial charge is 0.343 e. The van der Waals surface area contributed by atoms with E-state index >= 15 is 0 Å². The van der Waals surface area contributed by atoms with E-state index in [1.165, 1.54) is 116 Å². The summed E-state index contributed by atoms with van der Waals surface area (Å²) >= 11 is 0. The molecule has 0 fully saturated rings. The number of carbonyl (C=O) groups excluding carboxylic acids is 2. The standard InChI is InChI=1S/C64H76N2O7/c1-3-5-7-9-11-13-15-17-19-21-47-69-57-39-27-53(28-40-57)63(67)72-61-35-23-51(24-36-61)49-65-55-31-43-59(44-32-55)71-60-45-33-56(34-46-60)66-50-52-25-37-62(38-26-52)73-64(68)54-29-41-58(42-30-54)70-48-22-20-18-16-14-12-10-8-6-4-2/h23-46,49-50H,3-22,47-48H2,1-2H3. The molecule has 0 aliphatic carbocycles. The molecule has 0 aromatic heterocycles. The average Bonchev–Trinajstić information content (AvgIpc) is 3.42. The van der Waals surface area contributed by atoms with Crippen molar-refractivity contribution in [2.24, 2.45) is 9.98 Å². The third kappa shape index (κ3) is 21.7. The van der Waals surface area contributed by atoms with Crippen molar-refractivity contribution in [1.29, 1.82) is 0 Å². The van der Waals surface area contributed by atoms with Gasteiger partial charge in [0.2, 0.25) is 0 Å². The van der Waals surface area contributed by atoms with Crippen molar-refractivity contribution in [1.82, 2.24) is 0 Å². The van der Waals surface area contributed by atoms with E-state index in [1.807, 2.05) is 97.1 Å². The maximum atomic E-state index is 12.8. The molecule has 0 unspecified atom stereocenters. The fourth-order valence-corrected chi connectivity index (χ4v) is 8.14. The largest absolute Gasteiger partial charge is 0.494 e. The van der Waals surface area contributed by atoms with Gasteiger partial charge in [-0.3, -0.25) is 9.98 Å². The van der Waals surface area contributed by atoms with Gasteiger partial charge < -0.3 is 23.7 Å². The summed E-state index contributed by atoms with van der Waals surface area (Å²) in [5.74, 6) is 2.93. The molecule has 0 saturated heterocycles. The lowest BCUT2D eigenvalue weighted by Gasteiger charge is -2.08. The van der Waals surface area contributed by atoms with Crippen LogP contribution in [0.3, 0.4) is 0 Å². The summed E-state index contributed by atoms with van der Waals surface area (Å²) in [6.07, 6.45) is 29.3. The Hall–Kier alpha value is -7.00. The molecular formula is C64H76N2O7. The lowest BCUT2D eigenvalue weighted by Crippen LogP contribution is -2.08. The number of unbranched alkanes of at least 4 members (excludes halogenated alkanes) is 18. The first-order valence-corrected chi connectivity index (χ1v) is 27.0. The highest BCUT2D eigenvalue weighted by Gasteiger charge is 2.11. The van der Waals surface area contributed by atoms with Crippen LogP contribution >= 0.6 is 0 Å². The van der Waals surface area contributed by atoms with Gasteiger partial charge in [0.1, 0.15) is 34.5 Å². The number of aliphatic imine (C=N–C) groups is 2. The van der Waals surface area contributed by atoms with E-state index in [1.54, 1.807) is 61.0 Å². The molecule has 9 nitrogen and oxygen atoms in total. The second kappa shape index (κ2) is 32.9. The Morgan fingerprint density at radius 1 is 0.342 bits per heavy atom. The molecule has 6 aromatic carbocycles. The van der Waals surface area contributed by atoms with Crippen LogP contribution in [0.1, 0.15) is 174 Å². The van der Waals surface area contributed by atoms with Crippen LogP contribution in [0, 0.1) is 0 Å². The van der Waals surface area contributed by atoms with E-state index in [4.69, 9.17) is 23.7 Å². The minimum atomic E-state index is -0.423. The first-order chi connectivity index (χ1) is 35.9. The molecule has 384 valence electrons. The van der Waals surface area contributed by atoms with Gasteiger partial charge in [-0.2, -0.15) is 0 Å². The summed E-state index contributed by atoms with van der Waals surface area (Å²) in [6.45, 7) is 5.88. The van der Waals surface area contributed by atoms with Gasteiger partial charge in [0.15, 0.2) is 0 Å². The van der Waals surface area contributed by atoms with E-state index in [0.29, 0.717) is 47.3 Å². The van der Waals surface area contributed by atoms with Gasteiger partial charge in [0, 0.05) is 12.4 Å². The van der Waals surface area contributed by atoms with Gasteiger partial charge in [-0.15, -0.1) is 0 Å². The molecule has 0 aliphatic rings. The van der Waals surface area contributed by atoms with Crippen molar-refractivity contribution in [3.05, 3.63) is 168 Å². The molecule has 9 heteroatoms. The summed E-state index contributed by atoms with van der Waals surface area (Å²) in [6, 6.07) is 43.7. The van der Waals surface area contributed by atoms with E-state index < -0.39 is 11.9 Å². The monoisotopic (exact) mass is 985 g/mol. The number of carbonyl (C=O) groups is 2. The molecule has 0 atom stereocenters. The van der Waals surface area contributed by atoms with Gasteiger partial charge in [-0.25, -0.2) is 9.59 Å². The Kier molecular flexibility index (Phi) is 24.9. The minimum Gasteiger partial charge on any atom is -0.494 e. The molecule has 0 bridgehead atoms. The number of rotatable bonds is 34. The highest BCUT2D eigenvalue weighted by atomic mass is 16.5. The third-order valence-corrected chi connectivity index (χ3v) is 12.5. The Morgan fingerprint density at radius 2 is 0.630 bits per heavy atom. The summed E-state index contributed by atoms with van der Waals surface area (Å²) < 4.78 is 29.1. The van der Waals surface area contributed by atoms with Crippen LogP contribution in [0.15, 0.2) is 156 Å². The number of benzene rings is 6. The van der Waals surface area contributed by atoms with Crippen molar-refractivity contribution in [3.8, 4) is 34.5 Å². The molecule has 0 amide bonds. The minimum absolute atomic E-state index is 0.423. The lowest BCUT2D eigenvalue weighted by atomic mass is 10.1. The van der Waals surface area contributed by atoms with Crippen molar-refractivity contribution in [2.75, 3.05) is 13.2 Å². The van der Waals surface area contributed by atoms with E-state index in [-0.39, 0.29) is 0 Å². The maximum absolute atomic E-state index is 12.8. The molecule has 0 heterocycles. The third-order valence-electron chi connectivity index (χ3n) is 12.5. The summed E-state index contributed by atoms with van der Waals surface area (Å²) in [5, 5.41) is 0. The van der Waals surface area contributed by atoms with E-state index in [2.05, 4.69) is 23.8 Å². The van der Waals surface area contributed by atoms with Crippen LogP contribution in [0.4, 0.5) is 11.4 Å². The van der Waals surface area contributed by atoms with Crippen LogP contribution in [-0.2, 0) is 0 Å². The van der Waals surface area contributed by atoms with Gasteiger partial charge in [-0.05, 0) is 170 Å². The number of ether oxygens (including phenoxy) is 5. The van der Waals surface area contributed by atoms with Crippen molar-refractivity contribution in [3.63, 3.8) is 0 Å². The van der Waals surface area contributed by atoms with E-state index in [9.17, 15) is 9.59 Å². The number of esters is 2. The molecule has 0 N–H and O–H groups in total. The van der Waals surface area contributed by atoms with Crippen LogP contribution in [-0.4, -0.2) is 37.6 Å². The molecular weight excluding hydrogens is 909 g/mol. The number of nitrogens with zero attached hydrogens (tertiary/aromatic N) is 2. The first kappa shape index (κ1) is 55.3. The zero-order valence-electron chi connectivity index (χ0n) is 43.3. The Morgan fingerprint density at radius 3 is 0.959 bits per heavy atom.